The second kappa shape index (κ2) is 35.9. The van der Waals surface area contributed by atoms with Crippen molar-refractivity contribution in [3.63, 3.8) is 0 Å². The molecule has 2 aromatic heterocycles. The molecule has 7 aromatic rings. The molecule has 2 amide bonds. The van der Waals surface area contributed by atoms with Crippen LogP contribution in [0.25, 0.3) is 0 Å². The van der Waals surface area contributed by atoms with E-state index in [-0.39, 0.29) is 76.8 Å². The number of benzene rings is 5. The summed E-state index contributed by atoms with van der Waals surface area (Å²) in [5, 5.41) is 29.6. The molecule has 0 radical (unpaired) electrons. The molecule has 10 rings (SSSR count). The third-order valence-electron chi connectivity index (χ3n) is 14.5. The van der Waals surface area contributed by atoms with Crippen LogP contribution in [-0.2, 0) is 27.2 Å². The lowest BCUT2D eigenvalue weighted by molar-refractivity contribution is -0.121. The molecule has 0 spiro atoms. The van der Waals surface area contributed by atoms with Gasteiger partial charge in [0.15, 0.2) is 34.8 Å². The summed E-state index contributed by atoms with van der Waals surface area (Å²) in [7, 11) is 1.52. The minimum Gasteiger partial charge on any atom is -0.510 e. The van der Waals surface area contributed by atoms with Crippen molar-refractivity contribution < 1.29 is 52.1 Å². The first kappa shape index (κ1) is 70.1. The van der Waals surface area contributed by atoms with Crippen LogP contribution in [0.15, 0.2) is 167 Å². The second-order valence-electron chi connectivity index (χ2n) is 21.4. The third-order valence-corrected chi connectivity index (χ3v) is 15.8. The molecule has 5 aromatic carbocycles. The van der Waals surface area contributed by atoms with Crippen LogP contribution in [0.5, 0.6) is 17.2 Å². The molecular weight excluding hydrogens is 1310 g/mol. The van der Waals surface area contributed by atoms with E-state index in [4.69, 9.17) is 14.7 Å². The number of halogens is 4. The number of likely N-dealkylation sites (tertiary alicyclic amines) is 2. The Morgan fingerprint density at radius 1 is 0.761 bits per heavy atom. The van der Waals surface area contributed by atoms with E-state index in [0.717, 1.165) is 77.4 Å². The summed E-state index contributed by atoms with van der Waals surface area (Å²) in [5.74, 6) is -0.0823. The van der Waals surface area contributed by atoms with E-state index >= 15 is 0 Å². The van der Waals surface area contributed by atoms with Gasteiger partial charge in [-0.25, -0.2) is 13.8 Å². The third kappa shape index (κ3) is 22.5. The number of rotatable bonds is 20. The van der Waals surface area contributed by atoms with E-state index in [1.165, 1.54) is 76.9 Å². The molecule has 0 unspecified atom stereocenters. The molecule has 3 aliphatic rings. The van der Waals surface area contributed by atoms with Crippen molar-refractivity contribution in [3.8, 4) is 23.3 Å². The highest BCUT2D eigenvalue weighted by molar-refractivity contribution is 9.11. The van der Waals surface area contributed by atoms with Crippen molar-refractivity contribution in [2.45, 2.75) is 71.1 Å². The molecular formula is C69H70Br2F2N10O9. The van der Waals surface area contributed by atoms with Gasteiger partial charge in [0.25, 0.3) is 5.91 Å². The van der Waals surface area contributed by atoms with Gasteiger partial charge in [0.05, 0.1) is 6.20 Å². The van der Waals surface area contributed by atoms with Gasteiger partial charge in [-0.1, -0.05) is 57.3 Å². The molecule has 2 fully saturated rings. The number of nitrogens with one attached hydrogen (secondary N) is 4. The van der Waals surface area contributed by atoms with Crippen LogP contribution in [0.1, 0.15) is 101 Å². The number of nitrogens with zero attached hydrogens (tertiary/aromatic N) is 6. The molecule has 92 heavy (non-hydrogen) atoms. The van der Waals surface area contributed by atoms with Crippen molar-refractivity contribution in [2.24, 2.45) is 0 Å². The number of piperidine rings is 2. The van der Waals surface area contributed by atoms with Gasteiger partial charge in [-0.05, 0) is 180 Å². The number of ketones is 4. The van der Waals surface area contributed by atoms with Crippen molar-refractivity contribution in [3.05, 3.63) is 206 Å². The predicted octanol–water partition coefficient (Wildman–Crippen LogP) is 13.6. The maximum Gasteiger partial charge on any atom is 0.269 e. The number of anilines is 5. The number of nitriles is 1. The minimum atomic E-state index is -0.650. The summed E-state index contributed by atoms with van der Waals surface area (Å²) >= 11 is 6.66. The van der Waals surface area contributed by atoms with Gasteiger partial charge < -0.3 is 45.6 Å². The summed E-state index contributed by atoms with van der Waals surface area (Å²) in [6.45, 7) is 10.9. The summed E-state index contributed by atoms with van der Waals surface area (Å²) in [6.07, 6.45) is 12.9. The standard InChI is InChI=1S/C26H22FN7O3.C17H21NO3.C14H18FNO.C12H9Br2NO2/c1-3-23(35)31-17-5-4-6-18(13-17)32-24-21(27)15-30-26(34-24)33-16-7-9-19(10-8-16)37-20-11-12-29-22(14-20)25(36)28-2;19-15-11-14-10-13(4-5-17(14)21-12-15)16(20)6-9-18-7-2-1-3-8-18;15-13-6-4-12(5-7-13)14(17)8-11-16-9-2-1-3-10-16;1-7(16)10(6-15)12(17)5-8-4-9(13)2-3-11(8)14/h3-15H,1H2,2H3,(H,28,36)(H,31,35)(H2,30,32,33,34);4-5,10H,1-3,6-9,11-12H2;4-7H,1-3,8-11H2;2-4,17H,5H2,1H3. The van der Waals surface area contributed by atoms with Gasteiger partial charge in [-0.15, -0.1) is 0 Å². The lowest BCUT2D eigenvalue weighted by Gasteiger charge is -2.26. The Bertz CT molecular complexity index is 3820. The summed E-state index contributed by atoms with van der Waals surface area (Å²) in [5.41, 5.74) is 4.67. The molecule has 0 aliphatic carbocycles. The largest absolute Gasteiger partial charge is 0.510 e. The lowest BCUT2D eigenvalue weighted by Crippen LogP contribution is -2.31. The lowest BCUT2D eigenvalue weighted by atomic mass is 9.99. The van der Waals surface area contributed by atoms with Crippen LogP contribution in [-0.4, -0.2) is 118 Å². The number of fused-ring (bicyclic) bond motifs is 1. The Kier molecular flexibility index (Phi) is 27.4. The number of allylic oxidation sites excluding steroid dienone is 2. The van der Waals surface area contributed by atoms with Crippen LogP contribution < -0.4 is 30.7 Å². The number of aliphatic hydroxyl groups is 1. The Balaban J connectivity index is 0.000000186. The number of ether oxygens (including phenoxy) is 2. The average molecular weight is 1380 g/mol. The van der Waals surface area contributed by atoms with Gasteiger partial charge in [0.1, 0.15) is 52.8 Å². The first-order valence-corrected chi connectivity index (χ1v) is 31.3. The fraction of sp³-hybridized carbons (Fsp3) is 0.275. The smallest absolute Gasteiger partial charge is 0.269 e. The number of aliphatic hydroxyl groups excluding tert-OH is 1. The molecule has 0 bridgehead atoms. The van der Waals surface area contributed by atoms with Gasteiger partial charge in [-0.2, -0.15) is 10.2 Å². The molecule has 0 saturated carbocycles. The van der Waals surface area contributed by atoms with E-state index in [1.54, 1.807) is 72.8 Å². The first-order chi connectivity index (χ1) is 44.4. The number of aromatic nitrogens is 3. The number of pyridine rings is 1. The van der Waals surface area contributed by atoms with Gasteiger partial charge >= 0.3 is 0 Å². The zero-order valence-electron chi connectivity index (χ0n) is 50.9. The first-order valence-electron chi connectivity index (χ1n) is 29.7. The van der Waals surface area contributed by atoms with E-state index in [2.05, 4.69) is 84.5 Å². The Morgan fingerprint density at radius 3 is 2.05 bits per heavy atom. The highest BCUT2D eigenvalue weighted by atomic mass is 79.9. The van der Waals surface area contributed by atoms with Crippen LogP contribution in [0, 0.1) is 23.0 Å². The van der Waals surface area contributed by atoms with Crippen LogP contribution >= 0.6 is 31.9 Å². The van der Waals surface area contributed by atoms with Gasteiger partial charge in [0, 0.05) is 101 Å². The van der Waals surface area contributed by atoms with Crippen molar-refractivity contribution in [1.82, 2.24) is 30.1 Å². The fourth-order valence-corrected chi connectivity index (χ4v) is 10.5. The zero-order valence-corrected chi connectivity index (χ0v) is 54.1. The molecule has 5 N–H and O–H groups in total. The second-order valence-corrected chi connectivity index (χ2v) is 23.2. The SMILES string of the molecule is C=CC(=O)Nc1cccc(Nc2nc(Nc3ccc(Oc4ccnc(C(=O)NC)c4)cc3)ncc2F)c1.CC(=O)C(C#N)=C(O)Cc1cc(Br)ccc1Br.O=C(CCN1CCCCC1)c1ccc(F)cc1.O=C1COc2ccc(C(=O)CCN3CCCCC3)cc2C1. The average Bonchev–Trinajstić information content (AvgIpc) is 1.89. The summed E-state index contributed by atoms with van der Waals surface area (Å²) in [4.78, 5) is 86.8. The van der Waals surface area contributed by atoms with Crippen LogP contribution in [0.3, 0.4) is 0 Å². The molecule has 2 saturated heterocycles. The zero-order chi connectivity index (χ0) is 65.9. The molecule has 3 aliphatic heterocycles. The topological polar surface area (TPSA) is 258 Å². The Morgan fingerprint density at radius 2 is 1.41 bits per heavy atom. The van der Waals surface area contributed by atoms with E-state index in [9.17, 15) is 42.7 Å². The molecule has 5 heterocycles. The normalized spacial score (nSPS) is 13.7. The Hall–Kier alpha value is -9.34. The fourth-order valence-electron chi connectivity index (χ4n) is 9.68. The van der Waals surface area contributed by atoms with Gasteiger partial charge in [-0.3, -0.25) is 33.8 Å². The number of carbonyl (C=O) groups is 6. The molecule has 478 valence electrons. The van der Waals surface area contributed by atoms with Crippen molar-refractivity contribution in [2.75, 3.05) is 68.9 Å². The molecule has 19 nitrogen and oxygen atoms in total. The summed E-state index contributed by atoms with van der Waals surface area (Å²) < 4.78 is 39.9. The van der Waals surface area contributed by atoms with Crippen LogP contribution in [0.2, 0.25) is 0 Å². The van der Waals surface area contributed by atoms with E-state index in [1.807, 2.05) is 36.4 Å². The summed E-state index contributed by atoms with van der Waals surface area (Å²) in [6, 6.07) is 35.3. The highest BCUT2D eigenvalue weighted by Gasteiger charge is 2.21. The molecule has 23 heteroatoms. The van der Waals surface area contributed by atoms with Crippen LogP contribution in [0.4, 0.5) is 37.6 Å². The van der Waals surface area contributed by atoms with E-state index < -0.39 is 11.6 Å². The maximum atomic E-state index is 14.4. The van der Waals surface area contributed by atoms with Crippen molar-refractivity contribution >= 4 is 95.6 Å². The number of hydrogen-bond donors (Lipinski definition) is 5. The quantitative estimate of drug-likeness (QED) is 0.0206. The molecule has 0 atom stereocenters. The number of amides is 2. The van der Waals surface area contributed by atoms with E-state index in [0.29, 0.717) is 59.0 Å². The number of Topliss-reactive ketones (excluding diaryl/α,β-unsaturated/α-hetero) is 4. The monoisotopic (exact) mass is 1380 g/mol. The minimum absolute atomic E-state index is 0.0470. The highest BCUT2D eigenvalue weighted by Crippen LogP contribution is 2.29. The van der Waals surface area contributed by atoms with Gasteiger partial charge in [0.2, 0.25) is 11.9 Å². The number of hydrogen-bond acceptors (Lipinski definition) is 17. The Labute approximate surface area is 549 Å². The van der Waals surface area contributed by atoms with Crippen molar-refractivity contribution in [1.29, 1.82) is 5.26 Å². The predicted molar refractivity (Wildman–Crippen MR) is 355 cm³/mol. The number of carbonyl (C=O) groups excluding carboxylic acids is 6. The maximum absolute atomic E-state index is 14.4.